The second-order valence-corrected chi connectivity index (χ2v) is 7.61. The molecule has 1 aliphatic heterocycles. The average Bonchev–Trinajstić information content (AvgIpc) is 3.06. The molecule has 1 unspecified atom stereocenters. The van der Waals surface area contributed by atoms with Gasteiger partial charge in [-0.3, -0.25) is 9.36 Å². The molecule has 1 atom stereocenters. The number of fused-ring (bicyclic) bond motifs is 1. The van der Waals surface area contributed by atoms with Crippen LogP contribution in [0.15, 0.2) is 42.6 Å². The monoisotopic (exact) mass is 433 g/mol. The first-order valence-electron chi connectivity index (χ1n) is 9.73. The Morgan fingerprint density at radius 2 is 2.17 bits per heavy atom. The summed E-state index contributed by atoms with van der Waals surface area (Å²) in [5.41, 5.74) is 2.33. The molecule has 2 aromatic heterocycles. The number of hydrogen-bond donors (Lipinski definition) is 1. The summed E-state index contributed by atoms with van der Waals surface area (Å²) in [5, 5.41) is 3.83. The summed E-state index contributed by atoms with van der Waals surface area (Å²) in [6.07, 6.45) is 3.86. The fourth-order valence-electron chi connectivity index (χ4n) is 3.83. The Kier molecular flexibility index (Phi) is 7.11. The summed E-state index contributed by atoms with van der Waals surface area (Å²) in [6, 6.07) is 11.5. The Morgan fingerprint density at radius 3 is 2.97 bits per heavy atom. The van der Waals surface area contributed by atoms with Crippen molar-refractivity contribution < 1.29 is 4.79 Å². The smallest absolute Gasteiger partial charge is 0.240 e. The molecule has 1 saturated heterocycles. The number of rotatable bonds is 5. The Hall–Kier alpha value is -2.15. The van der Waals surface area contributed by atoms with Gasteiger partial charge in [0.25, 0.3) is 0 Å². The predicted octanol–water partition coefficient (Wildman–Crippen LogP) is 3.77. The summed E-state index contributed by atoms with van der Waals surface area (Å²) in [6.45, 7) is 5.37. The molecule has 8 heteroatoms. The van der Waals surface area contributed by atoms with Crippen LogP contribution >= 0.6 is 24.0 Å². The van der Waals surface area contributed by atoms with E-state index in [-0.39, 0.29) is 30.9 Å². The molecule has 3 heterocycles. The number of piperidine rings is 1. The zero-order valence-corrected chi connectivity index (χ0v) is 17.9. The van der Waals surface area contributed by atoms with E-state index in [1.54, 1.807) is 6.20 Å². The zero-order chi connectivity index (χ0) is 19.5. The second-order valence-electron chi connectivity index (χ2n) is 7.18. The molecule has 0 saturated carbocycles. The maximum Gasteiger partial charge on any atom is 0.240 e. The van der Waals surface area contributed by atoms with Crippen LogP contribution in [0.3, 0.4) is 0 Å². The number of amides is 1. The van der Waals surface area contributed by atoms with E-state index in [9.17, 15) is 4.79 Å². The highest BCUT2D eigenvalue weighted by atomic mass is 35.5. The summed E-state index contributed by atoms with van der Waals surface area (Å²) in [7, 11) is 0. The number of benzene rings is 1. The standard InChI is InChI=1S/C21H24ClN5O.ClH/c1-2-26-11-5-8-17(13-26)24-19(28)14-27-20(15-6-3-7-16(22)12-15)25-18-9-4-10-23-21(18)27;/h3-4,6-7,9-10,12,17H,2,5,8,11,13-14H2,1H3,(H,24,28);1H. The zero-order valence-electron chi connectivity index (χ0n) is 16.3. The van der Waals surface area contributed by atoms with Crippen molar-refractivity contribution in [1.29, 1.82) is 0 Å². The van der Waals surface area contributed by atoms with Crippen molar-refractivity contribution in [2.24, 2.45) is 0 Å². The van der Waals surface area contributed by atoms with Crippen molar-refractivity contribution in [2.45, 2.75) is 32.4 Å². The van der Waals surface area contributed by atoms with Crippen LogP contribution in [0.25, 0.3) is 22.6 Å². The summed E-state index contributed by atoms with van der Waals surface area (Å²) >= 11 is 6.17. The molecule has 0 spiro atoms. The lowest BCUT2D eigenvalue weighted by atomic mass is 10.1. The highest BCUT2D eigenvalue weighted by molar-refractivity contribution is 6.30. The quantitative estimate of drug-likeness (QED) is 0.664. The number of nitrogens with one attached hydrogen (secondary N) is 1. The van der Waals surface area contributed by atoms with Crippen LogP contribution in [0.5, 0.6) is 0 Å². The third-order valence-corrected chi connectivity index (χ3v) is 5.44. The van der Waals surface area contributed by atoms with Gasteiger partial charge in [0.2, 0.25) is 5.91 Å². The SMILES string of the molecule is CCN1CCCC(NC(=O)Cn2c(-c3cccc(Cl)c3)nc3cccnc32)C1.Cl. The van der Waals surface area contributed by atoms with Crippen LogP contribution in [0.2, 0.25) is 5.02 Å². The van der Waals surface area contributed by atoms with Crippen molar-refractivity contribution in [3.05, 3.63) is 47.6 Å². The van der Waals surface area contributed by atoms with Crippen LogP contribution in [0.4, 0.5) is 0 Å². The lowest BCUT2D eigenvalue weighted by Crippen LogP contribution is -2.48. The average molecular weight is 434 g/mol. The molecule has 1 aromatic carbocycles. The maximum absolute atomic E-state index is 12.8. The molecular formula is C21H25Cl2N5O. The number of aromatic nitrogens is 3. The minimum Gasteiger partial charge on any atom is -0.351 e. The maximum atomic E-state index is 12.8. The Balaban J connectivity index is 0.00000240. The fourth-order valence-corrected chi connectivity index (χ4v) is 4.02. The lowest BCUT2D eigenvalue weighted by Gasteiger charge is -2.32. The number of likely N-dealkylation sites (tertiary alicyclic amines) is 1. The normalized spacial score (nSPS) is 17.1. The largest absolute Gasteiger partial charge is 0.351 e. The first-order chi connectivity index (χ1) is 13.6. The van der Waals surface area contributed by atoms with E-state index >= 15 is 0 Å². The molecule has 1 aliphatic rings. The number of carbonyl (C=O) groups is 1. The topological polar surface area (TPSA) is 63.1 Å². The molecule has 4 rings (SSSR count). The highest BCUT2D eigenvalue weighted by Gasteiger charge is 2.22. The third kappa shape index (κ3) is 4.89. The number of halogens is 2. The van der Waals surface area contributed by atoms with Crippen LogP contribution in [0.1, 0.15) is 19.8 Å². The number of hydrogen-bond acceptors (Lipinski definition) is 4. The van der Waals surface area contributed by atoms with Gasteiger partial charge in [-0.2, -0.15) is 0 Å². The van der Waals surface area contributed by atoms with Gasteiger partial charge in [-0.05, 0) is 50.2 Å². The van der Waals surface area contributed by atoms with Gasteiger partial charge >= 0.3 is 0 Å². The van der Waals surface area contributed by atoms with Crippen molar-refractivity contribution in [3.63, 3.8) is 0 Å². The van der Waals surface area contributed by atoms with Gasteiger partial charge in [0.1, 0.15) is 17.9 Å². The van der Waals surface area contributed by atoms with E-state index in [2.05, 4.69) is 22.1 Å². The minimum atomic E-state index is -0.0174. The molecule has 0 radical (unpaired) electrons. The van der Waals surface area contributed by atoms with Gasteiger partial charge < -0.3 is 10.2 Å². The van der Waals surface area contributed by atoms with Crippen molar-refractivity contribution in [2.75, 3.05) is 19.6 Å². The van der Waals surface area contributed by atoms with Crippen LogP contribution in [-0.2, 0) is 11.3 Å². The van der Waals surface area contributed by atoms with E-state index < -0.39 is 0 Å². The Bertz CT molecular complexity index is 990. The predicted molar refractivity (Wildman–Crippen MR) is 119 cm³/mol. The van der Waals surface area contributed by atoms with Gasteiger partial charge in [-0.25, -0.2) is 9.97 Å². The molecule has 3 aromatic rings. The van der Waals surface area contributed by atoms with Gasteiger partial charge in [0.15, 0.2) is 5.65 Å². The van der Waals surface area contributed by atoms with E-state index in [0.29, 0.717) is 16.5 Å². The number of imidazole rings is 1. The molecule has 29 heavy (non-hydrogen) atoms. The van der Waals surface area contributed by atoms with Crippen LogP contribution < -0.4 is 5.32 Å². The van der Waals surface area contributed by atoms with Crippen molar-refractivity contribution >= 4 is 41.1 Å². The molecule has 1 N–H and O–H groups in total. The minimum absolute atomic E-state index is 0. The first kappa shape index (κ1) is 21.6. The molecule has 1 fully saturated rings. The van der Waals surface area contributed by atoms with E-state index in [1.807, 2.05) is 41.0 Å². The second kappa shape index (κ2) is 9.57. The lowest BCUT2D eigenvalue weighted by molar-refractivity contribution is -0.122. The number of nitrogens with zero attached hydrogens (tertiary/aromatic N) is 4. The highest BCUT2D eigenvalue weighted by Crippen LogP contribution is 2.25. The first-order valence-corrected chi connectivity index (χ1v) is 10.1. The van der Waals surface area contributed by atoms with Gasteiger partial charge in [0.05, 0.1) is 0 Å². The summed E-state index contributed by atoms with van der Waals surface area (Å²) < 4.78 is 1.87. The van der Waals surface area contributed by atoms with Crippen molar-refractivity contribution in [1.82, 2.24) is 24.8 Å². The summed E-state index contributed by atoms with van der Waals surface area (Å²) in [4.78, 5) is 24.4. The third-order valence-electron chi connectivity index (χ3n) is 5.21. The number of carbonyl (C=O) groups excluding carboxylic acids is 1. The van der Waals surface area contributed by atoms with E-state index in [1.165, 1.54) is 0 Å². The number of likely N-dealkylation sites (N-methyl/N-ethyl adjacent to an activating group) is 1. The molecule has 0 bridgehead atoms. The van der Waals surface area contributed by atoms with E-state index in [0.717, 1.165) is 43.6 Å². The molecule has 154 valence electrons. The van der Waals surface area contributed by atoms with Crippen molar-refractivity contribution in [3.8, 4) is 11.4 Å². The van der Waals surface area contributed by atoms with Gasteiger partial charge in [-0.15, -0.1) is 12.4 Å². The molecule has 0 aliphatic carbocycles. The molecular weight excluding hydrogens is 409 g/mol. The fraction of sp³-hybridized carbons (Fsp3) is 0.381. The van der Waals surface area contributed by atoms with Gasteiger partial charge in [0, 0.05) is 29.4 Å². The Morgan fingerprint density at radius 1 is 1.31 bits per heavy atom. The van der Waals surface area contributed by atoms with Gasteiger partial charge in [-0.1, -0.05) is 30.7 Å². The number of pyridine rings is 1. The van der Waals surface area contributed by atoms with Crippen LogP contribution in [-0.4, -0.2) is 51.0 Å². The van der Waals surface area contributed by atoms with Crippen LogP contribution in [0, 0.1) is 0 Å². The van der Waals surface area contributed by atoms with E-state index in [4.69, 9.17) is 16.6 Å². The molecule has 1 amide bonds. The molecule has 6 nitrogen and oxygen atoms in total. The summed E-state index contributed by atoms with van der Waals surface area (Å²) in [5.74, 6) is 0.682. The Labute approximate surface area is 181 Å².